The molecule has 0 N–H and O–H groups in total. The average molecular weight is 771 g/mol. The van der Waals surface area contributed by atoms with Crippen LogP contribution in [0.3, 0.4) is 0 Å². The van der Waals surface area contributed by atoms with Crippen molar-refractivity contribution in [1.29, 1.82) is 0 Å². The van der Waals surface area contributed by atoms with Gasteiger partial charge in [-0.1, -0.05) is 63.1 Å². The molecule has 0 bridgehead atoms. The molecule has 7 nitrogen and oxygen atoms in total. The quantitative estimate of drug-likeness (QED) is 0.169. The SMILES string of the molecule is CCCC(Oc1cccc(N(C)C)c1)N1CCC(C2(F)C=CC(C(=O)C3=CCC(F)(C4CCN(C(CCC)Oc5cccc(N(C)C)c5)CC4)C=C3)=CC2)CC1. The Morgan fingerprint density at radius 3 is 1.41 bits per heavy atom. The first-order valence-electron chi connectivity index (χ1n) is 21.0. The zero-order valence-corrected chi connectivity index (χ0v) is 34.6. The lowest BCUT2D eigenvalue weighted by Crippen LogP contribution is -2.48. The zero-order valence-electron chi connectivity index (χ0n) is 34.6. The van der Waals surface area contributed by atoms with Crippen LogP contribution in [0.15, 0.2) is 96.1 Å². The van der Waals surface area contributed by atoms with Crippen LogP contribution in [-0.4, -0.2) is 93.7 Å². The minimum Gasteiger partial charge on any atom is -0.475 e. The number of halogens is 2. The van der Waals surface area contributed by atoms with Crippen molar-refractivity contribution in [3.05, 3.63) is 96.1 Å². The van der Waals surface area contributed by atoms with Crippen molar-refractivity contribution in [1.82, 2.24) is 9.80 Å². The van der Waals surface area contributed by atoms with Gasteiger partial charge in [-0.05, 0) is 86.8 Å². The molecule has 0 saturated carbocycles. The molecule has 4 atom stereocenters. The third-order valence-corrected chi connectivity index (χ3v) is 12.4. The predicted molar refractivity (Wildman–Crippen MR) is 225 cm³/mol. The molecule has 2 aliphatic carbocycles. The highest BCUT2D eigenvalue weighted by molar-refractivity contribution is 6.12. The Bertz CT molecular complexity index is 1630. The number of allylic oxidation sites excluding steroid dienone is 8. The number of ketones is 1. The molecule has 56 heavy (non-hydrogen) atoms. The van der Waals surface area contributed by atoms with Gasteiger partial charge in [0.05, 0.1) is 0 Å². The fourth-order valence-electron chi connectivity index (χ4n) is 8.82. The molecule has 2 aromatic rings. The number of hydrogen-bond acceptors (Lipinski definition) is 7. The second kappa shape index (κ2) is 18.5. The number of carbonyl (C=O) groups excluding carboxylic acids is 1. The van der Waals surface area contributed by atoms with Gasteiger partial charge in [0.1, 0.15) is 22.8 Å². The second-order valence-electron chi connectivity index (χ2n) is 16.7. The maximum absolute atomic E-state index is 16.5. The summed E-state index contributed by atoms with van der Waals surface area (Å²) in [6, 6.07) is 16.3. The van der Waals surface area contributed by atoms with Gasteiger partial charge >= 0.3 is 0 Å². The lowest BCUT2D eigenvalue weighted by atomic mass is 9.75. The monoisotopic (exact) mass is 770 g/mol. The van der Waals surface area contributed by atoms with Crippen LogP contribution in [0, 0.1) is 11.8 Å². The Balaban J connectivity index is 0.983. The molecular weight excluding hydrogens is 707 g/mol. The zero-order chi connectivity index (χ0) is 39.9. The highest BCUT2D eigenvalue weighted by Gasteiger charge is 2.43. The topological polar surface area (TPSA) is 48.5 Å². The maximum atomic E-state index is 16.5. The highest BCUT2D eigenvalue weighted by atomic mass is 19.1. The number of piperidine rings is 2. The van der Waals surface area contributed by atoms with Crippen LogP contribution < -0.4 is 19.3 Å². The molecule has 4 aliphatic rings. The van der Waals surface area contributed by atoms with E-state index in [4.69, 9.17) is 9.47 Å². The average Bonchev–Trinajstić information content (AvgIpc) is 3.21. The summed E-state index contributed by atoms with van der Waals surface area (Å²) >= 11 is 0. The van der Waals surface area contributed by atoms with Crippen LogP contribution in [0.5, 0.6) is 11.5 Å². The van der Waals surface area contributed by atoms with E-state index in [1.807, 2.05) is 52.5 Å². The summed E-state index contributed by atoms with van der Waals surface area (Å²) in [6.45, 7) is 7.38. The number of nitrogens with zero attached hydrogens (tertiary/aromatic N) is 4. The van der Waals surface area contributed by atoms with Crippen molar-refractivity contribution in [2.24, 2.45) is 11.8 Å². The number of Topliss-reactive ketones (excluding diaryl/α,β-unsaturated/α-hetero) is 1. The van der Waals surface area contributed by atoms with E-state index in [9.17, 15) is 4.79 Å². The number of rotatable bonds is 16. The molecule has 0 aromatic heterocycles. The molecule has 2 fully saturated rings. The summed E-state index contributed by atoms with van der Waals surface area (Å²) < 4.78 is 45.9. The van der Waals surface area contributed by atoms with Crippen LogP contribution in [0.2, 0.25) is 0 Å². The van der Waals surface area contributed by atoms with Crippen molar-refractivity contribution >= 4 is 17.2 Å². The van der Waals surface area contributed by atoms with Crippen molar-refractivity contribution in [3.63, 3.8) is 0 Å². The first kappa shape index (κ1) is 41.7. The smallest absolute Gasteiger partial charge is 0.192 e. The maximum Gasteiger partial charge on any atom is 0.192 e. The lowest BCUT2D eigenvalue weighted by molar-refractivity contribution is -0.111. The minimum atomic E-state index is -1.49. The van der Waals surface area contributed by atoms with Gasteiger partial charge in [-0.25, -0.2) is 8.78 Å². The molecule has 2 aromatic carbocycles. The number of carbonyl (C=O) groups is 1. The summed E-state index contributed by atoms with van der Waals surface area (Å²) in [5, 5.41) is 0. The predicted octanol–water partition coefficient (Wildman–Crippen LogP) is 9.71. The summed E-state index contributed by atoms with van der Waals surface area (Å²) in [4.78, 5) is 22.4. The van der Waals surface area contributed by atoms with Crippen LogP contribution in [-0.2, 0) is 4.79 Å². The van der Waals surface area contributed by atoms with E-state index < -0.39 is 11.3 Å². The third kappa shape index (κ3) is 9.94. The van der Waals surface area contributed by atoms with Gasteiger partial charge in [-0.3, -0.25) is 14.6 Å². The van der Waals surface area contributed by atoms with Crippen LogP contribution in [0.1, 0.15) is 78.1 Å². The molecule has 0 amide bonds. The first-order chi connectivity index (χ1) is 26.9. The van der Waals surface area contributed by atoms with Crippen LogP contribution in [0.4, 0.5) is 20.2 Å². The molecule has 0 spiro atoms. The summed E-state index contributed by atoms with van der Waals surface area (Å²) in [5.74, 6) is 1.27. The van der Waals surface area contributed by atoms with Gasteiger partial charge in [0.2, 0.25) is 0 Å². The molecular formula is C47H64F2N4O3. The van der Waals surface area contributed by atoms with E-state index in [0.717, 1.165) is 100 Å². The molecule has 9 heteroatoms. The molecule has 2 aliphatic heterocycles. The van der Waals surface area contributed by atoms with Crippen LogP contribution >= 0.6 is 0 Å². The van der Waals surface area contributed by atoms with E-state index in [0.29, 0.717) is 11.1 Å². The normalized spacial score (nSPS) is 24.9. The Kier molecular flexibility index (Phi) is 13.8. The minimum absolute atomic E-state index is 0.0533. The van der Waals surface area contributed by atoms with Crippen molar-refractivity contribution < 1.29 is 23.0 Å². The Morgan fingerprint density at radius 2 is 1.09 bits per heavy atom. The van der Waals surface area contributed by atoms with Crippen LogP contribution in [0.25, 0.3) is 0 Å². The van der Waals surface area contributed by atoms with Gasteiger partial charge in [-0.15, -0.1) is 0 Å². The fraction of sp³-hybridized carbons (Fsp3) is 0.553. The number of benzene rings is 2. The van der Waals surface area contributed by atoms with Gasteiger partial charge in [0.25, 0.3) is 0 Å². The molecule has 0 radical (unpaired) electrons. The molecule has 4 unspecified atom stereocenters. The van der Waals surface area contributed by atoms with Gasteiger partial charge < -0.3 is 19.3 Å². The molecule has 2 saturated heterocycles. The van der Waals surface area contributed by atoms with Gasteiger partial charge in [0, 0.05) is 102 Å². The summed E-state index contributed by atoms with van der Waals surface area (Å²) in [7, 11) is 8.08. The van der Waals surface area contributed by atoms with Crippen molar-refractivity contribution in [3.8, 4) is 11.5 Å². The number of anilines is 2. The largest absolute Gasteiger partial charge is 0.475 e. The number of alkyl halides is 2. The molecule has 6 rings (SSSR count). The third-order valence-electron chi connectivity index (χ3n) is 12.4. The number of likely N-dealkylation sites (tertiary alicyclic amines) is 2. The van der Waals surface area contributed by atoms with E-state index >= 15 is 8.78 Å². The Labute approximate surface area is 334 Å². The Morgan fingerprint density at radius 1 is 0.696 bits per heavy atom. The van der Waals surface area contributed by atoms with E-state index in [1.54, 1.807) is 36.5 Å². The second-order valence-corrected chi connectivity index (χ2v) is 16.7. The van der Waals surface area contributed by atoms with E-state index in [-0.39, 0.29) is 42.9 Å². The van der Waals surface area contributed by atoms with Crippen molar-refractivity contribution in [2.75, 3.05) is 64.2 Å². The molecule has 2 heterocycles. The Hall–Kier alpha value is -3.95. The van der Waals surface area contributed by atoms with E-state index in [1.165, 1.54) is 0 Å². The highest BCUT2D eigenvalue weighted by Crippen LogP contribution is 2.42. The number of hydrogen-bond donors (Lipinski definition) is 0. The first-order valence-corrected chi connectivity index (χ1v) is 21.0. The standard InChI is InChI=1S/C47H64F2N4O3/c1-7-11-43(55-41-15-9-13-39(33-41)50(3)4)52-29-21-37(22-30-52)46(48)25-17-35(18-26-46)45(54)36-19-27-47(49,28-20-36)38-23-31-53(32-24-38)44(12-8-2)56-42-16-10-14-40(34-42)51(5)6/h9-10,13-20,25,27,33-34,37-38,43-44H,7-8,11-12,21-24,26,28-32H2,1-6H3. The number of ether oxygens (including phenoxy) is 2. The van der Waals surface area contributed by atoms with Crippen molar-refractivity contribution in [2.45, 2.75) is 102 Å². The summed E-state index contributed by atoms with van der Waals surface area (Å²) in [5.41, 5.74) is 0.174. The fourth-order valence-corrected chi connectivity index (χ4v) is 8.82. The van der Waals surface area contributed by atoms with Gasteiger partial charge in [0.15, 0.2) is 18.2 Å². The summed E-state index contributed by atoms with van der Waals surface area (Å²) in [6.07, 6.45) is 17.0. The lowest BCUT2D eigenvalue weighted by Gasteiger charge is -2.42. The molecule has 304 valence electrons. The van der Waals surface area contributed by atoms with E-state index in [2.05, 4.69) is 57.7 Å². The van der Waals surface area contributed by atoms with Gasteiger partial charge in [-0.2, -0.15) is 0 Å².